The topological polar surface area (TPSA) is 72.8 Å². The molecule has 0 aromatic carbocycles. The van der Waals surface area contributed by atoms with E-state index in [1.54, 1.807) is 20.8 Å². The molecule has 3 atom stereocenters. The molecule has 1 aliphatic carbocycles. The van der Waals surface area contributed by atoms with Crippen LogP contribution in [0.2, 0.25) is 0 Å². The van der Waals surface area contributed by atoms with Crippen LogP contribution in [0.1, 0.15) is 40.0 Å². The van der Waals surface area contributed by atoms with Gasteiger partial charge >= 0.3 is 11.9 Å². The third-order valence-corrected chi connectivity index (χ3v) is 3.40. The molecule has 20 heavy (non-hydrogen) atoms. The fourth-order valence-corrected chi connectivity index (χ4v) is 2.09. The second-order valence-electron chi connectivity index (χ2n) is 5.76. The monoisotopic (exact) mass is 284 g/mol. The molecule has 1 rings (SSSR count). The van der Waals surface area contributed by atoms with Crippen LogP contribution in [0.3, 0.4) is 0 Å². The van der Waals surface area contributed by atoms with Crippen molar-refractivity contribution in [3.63, 3.8) is 0 Å². The summed E-state index contributed by atoms with van der Waals surface area (Å²) in [6.07, 6.45) is 0.684. The second-order valence-corrected chi connectivity index (χ2v) is 5.76. The fourth-order valence-electron chi connectivity index (χ4n) is 2.09. The predicted molar refractivity (Wildman–Crippen MR) is 73.8 cm³/mol. The lowest BCUT2D eigenvalue weighted by Crippen LogP contribution is -2.39. The lowest BCUT2D eigenvalue weighted by molar-refractivity contribution is -0.163. The van der Waals surface area contributed by atoms with E-state index in [1.807, 2.05) is 0 Å². The van der Waals surface area contributed by atoms with Crippen molar-refractivity contribution in [3.05, 3.63) is 12.2 Å². The molecule has 1 fully saturated rings. The number of aliphatic hydroxyl groups excluding tert-OH is 1. The van der Waals surface area contributed by atoms with E-state index in [9.17, 15) is 14.7 Å². The minimum atomic E-state index is -0.694. The summed E-state index contributed by atoms with van der Waals surface area (Å²) in [4.78, 5) is 22.8. The van der Waals surface area contributed by atoms with E-state index in [2.05, 4.69) is 6.58 Å². The van der Waals surface area contributed by atoms with Crippen molar-refractivity contribution in [1.82, 2.24) is 0 Å². The Bertz CT molecular complexity index is 374. The normalized spacial score (nSPS) is 26.1. The molecule has 114 valence electrons. The first-order chi connectivity index (χ1) is 9.31. The highest BCUT2D eigenvalue weighted by Gasteiger charge is 2.32. The molecule has 0 aromatic heterocycles. The number of rotatable bonds is 5. The lowest BCUT2D eigenvalue weighted by atomic mass is 9.85. The van der Waals surface area contributed by atoms with Crippen molar-refractivity contribution in [1.29, 1.82) is 0 Å². The first-order valence-electron chi connectivity index (χ1n) is 7.02. The number of hydrogen-bond donors (Lipinski definition) is 1. The van der Waals surface area contributed by atoms with Crippen LogP contribution in [0, 0.1) is 11.8 Å². The maximum atomic E-state index is 11.5. The van der Waals surface area contributed by atoms with E-state index in [4.69, 9.17) is 9.47 Å². The fraction of sp³-hybridized carbons (Fsp3) is 0.733. The van der Waals surface area contributed by atoms with Gasteiger partial charge in [0, 0.05) is 5.57 Å². The largest absolute Gasteiger partial charge is 0.462 e. The van der Waals surface area contributed by atoms with Gasteiger partial charge in [0.15, 0.2) is 0 Å². The average Bonchev–Trinajstić information content (AvgIpc) is 2.38. The molecule has 0 aromatic rings. The van der Waals surface area contributed by atoms with Gasteiger partial charge < -0.3 is 14.6 Å². The van der Waals surface area contributed by atoms with E-state index in [0.29, 0.717) is 18.4 Å². The van der Waals surface area contributed by atoms with Crippen molar-refractivity contribution >= 4 is 11.9 Å². The van der Waals surface area contributed by atoms with E-state index < -0.39 is 18.2 Å². The van der Waals surface area contributed by atoms with E-state index >= 15 is 0 Å². The number of hydrogen-bond acceptors (Lipinski definition) is 5. The van der Waals surface area contributed by atoms with Crippen LogP contribution in [-0.2, 0) is 19.1 Å². The Labute approximate surface area is 119 Å². The minimum Gasteiger partial charge on any atom is -0.462 e. The summed E-state index contributed by atoms with van der Waals surface area (Å²) >= 11 is 0. The summed E-state index contributed by atoms with van der Waals surface area (Å²) in [6, 6.07) is 0. The van der Waals surface area contributed by atoms with Crippen molar-refractivity contribution in [3.8, 4) is 0 Å². The summed E-state index contributed by atoms with van der Waals surface area (Å²) in [5.41, 5.74) is 0.366. The molecule has 5 nitrogen and oxygen atoms in total. The van der Waals surface area contributed by atoms with Crippen LogP contribution in [0.25, 0.3) is 0 Å². The van der Waals surface area contributed by atoms with E-state index in [-0.39, 0.29) is 24.4 Å². The molecular weight excluding hydrogens is 260 g/mol. The van der Waals surface area contributed by atoms with Crippen molar-refractivity contribution < 1.29 is 24.2 Å². The van der Waals surface area contributed by atoms with Gasteiger partial charge in [-0.15, -0.1) is 0 Å². The molecule has 0 spiro atoms. The van der Waals surface area contributed by atoms with E-state index in [1.165, 1.54) is 0 Å². The summed E-state index contributed by atoms with van der Waals surface area (Å²) in [7, 11) is 0. The Morgan fingerprint density at radius 1 is 1.35 bits per heavy atom. The van der Waals surface area contributed by atoms with Crippen molar-refractivity contribution in [2.75, 3.05) is 6.61 Å². The quantitative estimate of drug-likeness (QED) is 0.616. The number of carbonyl (C=O) groups excluding carboxylic acids is 2. The van der Waals surface area contributed by atoms with Gasteiger partial charge in [0.05, 0.1) is 18.6 Å². The molecule has 0 bridgehead atoms. The van der Waals surface area contributed by atoms with Gasteiger partial charge in [-0.3, -0.25) is 4.79 Å². The van der Waals surface area contributed by atoms with Crippen LogP contribution >= 0.6 is 0 Å². The van der Waals surface area contributed by atoms with Gasteiger partial charge in [-0.1, -0.05) is 20.4 Å². The van der Waals surface area contributed by atoms with Gasteiger partial charge in [-0.2, -0.15) is 0 Å². The smallest absolute Gasteiger partial charge is 0.333 e. The molecule has 3 unspecified atom stereocenters. The summed E-state index contributed by atoms with van der Waals surface area (Å²) < 4.78 is 10.4. The Morgan fingerprint density at radius 2 is 2.00 bits per heavy atom. The van der Waals surface area contributed by atoms with Crippen molar-refractivity contribution in [2.24, 2.45) is 11.8 Å². The van der Waals surface area contributed by atoms with Crippen LogP contribution in [0.4, 0.5) is 0 Å². The first-order valence-corrected chi connectivity index (χ1v) is 7.02. The highest BCUT2D eigenvalue weighted by molar-refractivity contribution is 5.86. The maximum Gasteiger partial charge on any atom is 0.333 e. The standard InChI is InChI=1S/C15H24O5/c1-9(2)14(17)19-8-11-5-6-13(12(16)7-11)20-15(18)10(3)4/h10-13,16H,1,5-8H2,2-4H3. The van der Waals surface area contributed by atoms with Gasteiger partial charge in [-0.05, 0) is 32.1 Å². The second kappa shape index (κ2) is 7.43. The van der Waals surface area contributed by atoms with Crippen LogP contribution in [0.15, 0.2) is 12.2 Å². The number of ether oxygens (including phenoxy) is 2. The minimum absolute atomic E-state index is 0.0994. The number of aliphatic hydroxyl groups is 1. The van der Waals surface area contributed by atoms with E-state index in [0.717, 1.165) is 6.42 Å². The van der Waals surface area contributed by atoms with Crippen LogP contribution in [-0.4, -0.2) is 35.9 Å². The SMILES string of the molecule is C=C(C)C(=O)OCC1CCC(OC(=O)C(C)C)C(O)C1. The zero-order chi connectivity index (χ0) is 15.3. The lowest BCUT2D eigenvalue weighted by Gasteiger charge is -2.32. The molecule has 0 amide bonds. The van der Waals surface area contributed by atoms with Crippen LogP contribution in [0.5, 0.6) is 0 Å². The Kier molecular flexibility index (Phi) is 6.20. The molecule has 1 N–H and O–H groups in total. The highest BCUT2D eigenvalue weighted by atomic mass is 16.6. The third-order valence-electron chi connectivity index (χ3n) is 3.40. The average molecular weight is 284 g/mol. The zero-order valence-electron chi connectivity index (χ0n) is 12.4. The summed E-state index contributed by atoms with van der Waals surface area (Å²) in [6.45, 7) is 8.90. The Morgan fingerprint density at radius 3 is 2.50 bits per heavy atom. The molecule has 0 radical (unpaired) electrons. The Hall–Kier alpha value is -1.36. The van der Waals surface area contributed by atoms with Gasteiger partial charge in [-0.25, -0.2) is 4.79 Å². The molecule has 0 saturated heterocycles. The molecule has 1 saturated carbocycles. The zero-order valence-corrected chi connectivity index (χ0v) is 12.4. The molecule has 1 aliphatic rings. The highest BCUT2D eigenvalue weighted by Crippen LogP contribution is 2.27. The number of esters is 2. The first kappa shape index (κ1) is 16.7. The molecular formula is C15H24O5. The van der Waals surface area contributed by atoms with Crippen LogP contribution < -0.4 is 0 Å². The van der Waals surface area contributed by atoms with Crippen molar-refractivity contribution in [2.45, 2.75) is 52.2 Å². The summed E-state index contributed by atoms with van der Waals surface area (Å²) in [5, 5.41) is 10.0. The molecule has 0 heterocycles. The molecule has 5 heteroatoms. The van der Waals surface area contributed by atoms with Gasteiger partial charge in [0.1, 0.15) is 6.10 Å². The third kappa shape index (κ3) is 4.96. The van der Waals surface area contributed by atoms with Gasteiger partial charge in [0.2, 0.25) is 0 Å². The number of carbonyl (C=O) groups is 2. The van der Waals surface area contributed by atoms with Gasteiger partial charge in [0.25, 0.3) is 0 Å². The Balaban J connectivity index is 2.37. The molecule has 0 aliphatic heterocycles. The maximum absolute atomic E-state index is 11.5. The summed E-state index contributed by atoms with van der Waals surface area (Å²) in [5.74, 6) is -0.798. The predicted octanol–water partition coefficient (Wildman–Crippen LogP) is 1.83.